The van der Waals surface area contributed by atoms with Crippen LogP contribution in [-0.4, -0.2) is 38.2 Å². The predicted molar refractivity (Wildman–Crippen MR) is 75.6 cm³/mol. The standard InChI is InChI=1S/C14H18ClNO4/c1-3-20-9-13(17)16-12(14(18)19-2)8-10-6-4-5-7-11(10)15/h4-7,12H,3,8-9H2,1-2H3,(H,16,17)/t12-/m0/s1. The van der Waals surface area contributed by atoms with E-state index in [0.717, 1.165) is 5.56 Å². The summed E-state index contributed by atoms with van der Waals surface area (Å²) in [5.74, 6) is -0.885. The summed E-state index contributed by atoms with van der Waals surface area (Å²) in [6.07, 6.45) is 0.268. The first-order chi connectivity index (χ1) is 9.58. The molecule has 1 aromatic carbocycles. The van der Waals surface area contributed by atoms with Gasteiger partial charge < -0.3 is 14.8 Å². The molecule has 0 aliphatic heterocycles. The molecule has 1 atom stereocenters. The second kappa shape index (κ2) is 8.55. The van der Waals surface area contributed by atoms with Crippen molar-refractivity contribution >= 4 is 23.5 Å². The van der Waals surface area contributed by atoms with Gasteiger partial charge in [-0.3, -0.25) is 4.79 Å². The van der Waals surface area contributed by atoms with Gasteiger partial charge in [-0.15, -0.1) is 0 Å². The van der Waals surface area contributed by atoms with Crippen LogP contribution in [0.1, 0.15) is 12.5 Å². The lowest BCUT2D eigenvalue weighted by Gasteiger charge is -2.17. The van der Waals surface area contributed by atoms with E-state index in [9.17, 15) is 9.59 Å². The number of amides is 1. The number of carbonyl (C=O) groups excluding carboxylic acids is 2. The van der Waals surface area contributed by atoms with Gasteiger partial charge in [0.15, 0.2) is 0 Å². The first kappa shape index (κ1) is 16.5. The normalized spacial score (nSPS) is 11.8. The molecule has 1 amide bonds. The van der Waals surface area contributed by atoms with E-state index < -0.39 is 12.0 Å². The smallest absolute Gasteiger partial charge is 0.328 e. The van der Waals surface area contributed by atoms with E-state index in [2.05, 4.69) is 5.32 Å². The number of carbonyl (C=O) groups is 2. The van der Waals surface area contributed by atoms with Crippen molar-refractivity contribution in [3.05, 3.63) is 34.9 Å². The van der Waals surface area contributed by atoms with Gasteiger partial charge in [0, 0.05) is 18.1 Å². The maximum absolute atomic E-state index is 11.7. The Balaban J connectivity index is 2.72. The lowest BCUT2D eigenvalue weighted by atomic mass is 10.1. The van der Waals surface area contributed by atoms with Crippen molar-refractivity contribution < 1.29 is 19.1 Å². The van der Waals surface area contributed by atoms with Crippen LogP contribution in [0.15, 0.2) is 24.3 Å². The van der Waals surface area contributed by atoms with Crippen LogP contribution in [0.25, 0.3) is 0 Å². The first-order valence-electron chi connectivity index (χ1n) is 6.26. The Hall–Kier alpha value is -1.59. The first-order valence-corrected chi connectivity index (χ1v) is 6.64. The molecule has 6 heteroatoms. The number of rotatable bonds is 7. The predicted octanol–water partition coefficient (Wildman–Crippen LogP) is 1.58. The molecule has 0 bridgehead atoms. The average molecular weight is 300 g/mol. The molecule has 0 aromatic heterocycles. The highest BCUT2D eigenvalue weighted by Gasteiger charge is 2.22. The second-order valence-corrected chi connectivity index (χ2v) is 4.48. The van der Waals surface area contributed by atoms with E-state index in [1.807, 2.05) is 6.07 Å². The summed E-state index contributed by atoms with van der Waals surface area (Å²) in [5, 5.41) is 3.12. The molecule has 0 aliphatic rings. The van der Waals surface area contributed by atoms with Crippen LogP contribution in [0.3, 0.4) is 0 Å². The summed E-state index contributed by atoms with van der Waals surface area (Å²) in [5.41, 5.74) is 0.765. The second-order valence-electron chi connectivity index (χ2n) is 4.08. The monoisotopic (exact) mass is 299 g/mol. The molecule has 0 saturated carbocycles. The molecule has 1 N–H and O–H groups in total. The fourth-order valence-electron chi connectivity index (χ4n) is 1.65. The van der Waals surface area contributed by atoms with Gasteiger partial charge in [0.05, 0.1) is 7.11 Å². The molecular weight excluding hydrogens is 282 g/mol. The fourth-order valence-corrected chi connectivity index (χ4v) is 1.86. The van der Waals surface area contributed by atoms with Crippen molar-refractivity contribution in [2.24, 2.45) is 0 Å². The van der Waals surface area contributed by atoms with Crippen LogP contribution in [0.4, 0.5) is 0 Å². The Bertz CT molecular complexity index is 464. The van der Waals surface area contributed by atoms with Gasteiger partial charge in [-0.1, -0.05) is 29.8 Å². The SMILES string of the molecule is CCOCC(=O)N[C@@H](Cc1ccccc1Cl)C(=O)OC. The number of nitrogens with one attached hydrogen (secondary N) is 1. The molecule has 0 spiro atoms. The third kappa shape index (κ3) is 5.19. The van der Waals surface area contributed by atoms with Crippen molar-refractivity contribution in [2.75, 3.05) is 20.3 Å². The molecule has 5 nitrogen and oxygen atoms in total. The van der Waals surface area contributed by atoms with Crippen LogP contribution in [0.5, 0.6) is 0 Å². The van der Waals surface area contributed by atoms with Gasteiger partial charge in [-0.2, -0.15) is 0 Å². The number of ether oxygens (including phenoxy) is 2. The van der Waals surface area contributed by atoms with Crippen molar-refractivity contribution in [3.63, 3.8) is 0 Å². The van der Waals surface area contributed by atoms with Crippen molar-refractivity contribution in [1.29, 1.82) is 0 Å². The van der Waals surface area contributed by atoms with Gasteiger partial charge in [0.25, 0.3) is 0 Å². The quantitative estimate of drug-likeness (QED) is 0.776. The Morgan fingerprint density at radius 3 is 2.65 bits per heavy atom. The van der Waals surface area contributed by atoms with Gasteiger partial charge in [-0.25, -0.2) is 4.79 Å². The number of methoxy groups -OCH3 is 1. The van der Waals surface area contributed by atoms with Crippen LogP contribution in [0.2, 0.25) is 5.02 Å². The van der Waals surface area contributed by atoms with Gasteiger partial charge in [-0.05, 0) is 18.6 Å². The van der Waals surface area contributed by atoms with Gasteiger partial charge in [0.2, 0.25) is 5.91 Å². The Morgan fingerprint density at radius 2 is 2.05 bits per heavy atom. The molecule has 0 saturated heterocycles. The zero-order valence-electron chi connectivity index (χ0n) is 11.5. The van der Waals surface area contributed by atoms with E-state index in [1.54, 1.807) is 25.1 Å². The summed E-state index contributed by atoms with van der Waals surface area (Å²) >= 11 is 6.05. The van der Waals surface area contributed by atoms with Crippen LogP contribution in [-0.2, 0) is 25.5 Å². The van der Waals surface area contributed by atoms with Crippen molar-refractivity contribution in [2.45, 2.75) is 19.4 Å². The maximum atomic E-state index is 11.7. The zero-order valence-corrected chi connectivity index (χ0v) is 12.3. The molecule has 110 valence electrons. The van der Waals surface area contributed by atoms with Crippen LogP contribution < -0.4 is 5.32 Å². The summed E-state index contributed by atoms with van der Waals surface area (Å²) in [6, 6.07) is 6.36. The molecule has 20 heavy (non-hydrogen) atoms. The van der Waals surface area contributed by atoms with E-state index in [0.29, 0.717) is 11.6 Å². The fraction of sp³-hybridized carbons (Fsp3) is 0.429. The third-order valence-electron chi connectivity index (χ3n) is 2.64. The number of hydrogen-bond donors (Lipinski definition) is 1. The molecule has 1 rings (SSSR count). The Kier molecular flexibility index (Phi) is 7.04. The van der Waals surface area contributed by atoms with Gasteiger partial charge in [0.1, 0.15) is 12.6 Å². The molecule has 0 fully saturated rings. The van der Waals surface area contributed by atoms with Crippen LogP contribution >= 0.6 is 11.6 Å². The average Bonchev–Trinajstić information content (AvgIpc) is 2.45. The van der Waals surface area contributed by atoms with Crippen molar-refractivity contribution in [3.8, 4) is 0 Å². The number of benzene rings is 1. The van der Waals surface area contributed by atoms with E-state index in [-0.39, 0.29) is 18.9 Å². The van der Waals surface area contributed by atoms with E-state index in [1.165, 1.54) is 7.11 Å². The lowest BCUT2D eigenvalue weighted by Crippen LogP contribution is -2.44. The van der Waals surface area contributed by atoms with Gasteiger partial charge >= 0.3 is 5.97 Å². The molecule has 1 aromatic rings. The minimum atomic E-state index is -0.784. The van der Waals surface area contributed by atoms with E-state index in [4.69, 9.17) is 21.1 Å². The number of esters is 1. The highest BCUT2D eigenvalue weighted by atomic mass is 35.5. The molecule has 0 radical (unpaired) electrons. The maximum Gasteiger partial charge on any atom is 0.328 e. The summed E-state index contributed by atoms with van der Waals surface area (Å²) in [7, 11) is 1.27. The minimum absolute atomic E-state index is 0.0908. The minimum Gasteiger partial charge on any atom is -0.467 e. The van der Waals surface area contributed by atoms with Crippen LogP contribution in [0, 0.1) is 0 Å². The van der Waals surface area contributed by atoms with E-state index >= 15 is 0 Å². The molecule has 0 aliphatic carbocycles. The highest BCUT2D eigenvalue weighted by Crippen LogP contribution is 2.17. The Morgan fingerprint density at radius 1 is 1.35 bits per heavy atom. The molecule has 0 unspecified atom stereocenters. The number of hydrogen-bond acceptors (Lipinski definition) is 4. The third-order valence-corrected chi connectivity index (χ3v) is 3.01. The molecule has 0 heterocycles. The summed E-state index contributed by atoms with van der Waals surface area (Å²) in [4.78, 5) is 23.3. The van der Waals surface area contributed by atoms with Crippen molar-refractivity contribution in [1.82, 2.24) is 5.32 Å². The highest BCUT2D eigenvalue weighted by molar-refractivity contribution is 6.31. The number of halogens is 1. The lowest BCUT2D eigenvalue weighted by molar-refractivity contribution is -0.145. The summed E-state index contributed by atoms with van der Waals surface area (Å²) in [6.45, 7) is 2.13. The zero-order chi connectivity index (χ0) is 15.0. The Labute approximate surface area is 123 Å². The largest absolute Gasteiger partial charge is 0.467 e. The topological polar surface area (TPSA) is 64.6 Å². The molecular formula is C14H18ClNO4. The summed E-state index contributed by atoms with van der Waals surface area (Å²) < 4.78 is 9.69.